The normalized spacial score (nSPS) is 12.6. The maximum Gasteiger partial charge on any atom is 0.191 e. The van der Waals surface area contributed by atoms with Crippen molar-refractivity contribution in [2.24, 2.45) is 4.99 Å². The van der Waals surface area contributed by atoms with Crippen LogP contribution in [-0.2, 0) is 12.8 Å². The number of hydrogen-bond acceptors (Lipinski definition) is 3. The zero-order chi connectivity index (χ0) is 17.2. The van der Waals surface area contributed by atoms with E-state index in [1.165, 1.54) is 10.4 Å². The highest BCUT2D eigenvalue weighted by Gasteiger charge is 2.12. The Labute approximate surface area is 172 Å². The average Bonchev–Trinajstić information content (AvgIpc) is 3.10. The van der Waals surface area contributed by atoms with Gasteiger partial charge in [0.25, 0.3) is 0 Å². The van der Waals surface area contributed by atoms with E-state index in [-0.39, 0.29) is 24.0 Å². The SMILES string of the molecule is CN=C(NCCc1cccs1)NCC(Cc1ccccc1)N(C)C.I. The number of nitrogens with one attached hydrogen (secondary N) is 2. The van der Waals surface area contributed by atoms with Crippen molar-refractivity contribution in [1.82, 2.24) is 15.5 Å². The molecule has 0 radical (unpaired) electrons. The molecule has 6 heteroatoms. The number of likely N-dealkylation sites (N-methyl/N-ethyl adjacent to an activating group) is 1. The smallest absolute Gasteiger partial charge is 0.191 e. The third-order valence-electron chi connectivity index (χ3n) is 4.02. The van der Waals surface area contributed by atoms with Crippen LogP contribution in [0.1, 0.15) is 10.4 Å². The molecule has 1 heterocycles. The van der Waals surface area contributed by atoms with Crippen molar-refractivity contribution in [3.63, 3.8) is 0 Å². The van der Waals surface area contributed by atoms with Crippen molar-refractivity contribution < 1.29 is 0 Å². The van der Waals surface area contributed by atoms with E-state index in [0.717, 1.165) is 31.9 Å². The van der Waals surface area contributed by atoms with Crippen LogP contribution < -0.4 is 10.6 Å². The first-order valence-corrected chi connectivity index (χ1v) is 9.24. The van der Waals surface area contributed by atoms with Crippen molar-refractivity contribution in [3.05, 3.63) is 58.3 Å². The lowest BCUT2D eigenvalue weighted by molar-refractivity contribution is 0.290. The van der Waals surface area contributed by atoms with Gasteiger partial charge in [-0.15, -0.1) is 35.3 Å². The molecule has 0 saturated heterocycles. The maximum absolute atomic E-state index is 4.32. The van der Waals surface area contributed by atoms with Crippen LogP contribution in [-0.4, -0.2) is 51.1 Å². The number of hydrogen-bond donors (Lipinski definition) is 2. The quantitative estimate of drug-likeness (QED) is 0.352. The van der Waals surface area contributed by atoms with Crippen molar-refractivity contribution >= 4 is 41.3 Å². The number of aliphatic imine (C=N–C) groups is 1. The largest absolute Gasteiger partial charge is 0.356 e. The number of thiophene rings is 1. The van der Waals surface area contributed by atoms with E-state index in [9.17, 15) is 0 Å². The van der Waals surface area contributed by atoms with Gasteiger partial charge in [-0.05, 0) is 43.9 Å². The van der Waals surface area contributed by atoms with Crippen LogP contribution in [0.2, 0.25) is 0 Å². The van der Waals surface area contributed by atoms with E-state index in [1.54, 1.807) is 11.3 Å². The molecule has 2 N–H and O–H groups in total. The van der Waals surface area contributed by atoms with Crippen molar-refractivity contribution in [2.45, 2.75) is 18.9 Å². The van der Waals surface area contributed by atoms with Gasteiger partial charge in [0.05, 0.1) is 0 Å². The third kappa shape index (κ3) is 8.20. The molecule has 138 valence electrons. The molecular formula is C19H29IN4S. The van der Waals surface area contributed by atoms with Crippen molar-refractivity contribution in [2.75, 3.05) is 34.2 Å². The Morgan fingerprint density at radius 2 is 1.88 bits per heavy atom. The number of nitrogens with zero attached hydrogens (tertiary/aromatic N) is 2. The minimum absolute atomic E-state index is 0. The summed E-state index contributed by atoms with van der Waals surface area (Å²) >= 11 is 1.80. The minimum atomic E-state index is 0. The van der Waals surface area contributed by atoms with Gasteiger partial charge in [0, 0.05) is 31.1 Å². The van der Waals surface area contributed by atoms with E-state index in [0.29, 0.717) is 6.04 Å². The molecule has 1 aromatic carbocycles. The second kappa shape index (κ2) is 12.3. The zero-order valence-electron chi connectivity index (χ0n) is 15.2. The second-order valence-electron chi connectivity index (χ2n) is 6.02. The molecule has 0 fully saturated rings. The summed E-state index contributed by atoms with van der Waals surface area (Å²) in [6, 6.07) is 15.3. The predicted octanol–water partition coefficient (Wildman–Crippen LogP) is 3.25. The molecule has 0 bridgehead atoms. The maximum atomic E-state index is 4.32. The van der Waals surface area contributed by atoms with Crippen LogP contribution in [0.15, 0.2) is 52.8 Å². The second-order valence-corrected chi connectivity index (χ2v) is 7.05. The van der Waals surface area contributed by atoms with Gasteiger partial charge in [-0.2, -0.15) is 0 Å². The lowest BCUT2D eigenvalue weighted by Gasteiger charge is -2.25. The Hall–Kier alpha value is -1.12. The molecule has 0 aliphatic carbocycles. The average molecular weight is 472 g/mol. The fourth-order valence-electron chi connectivity index (χ4n) is 2.52. The Kier molecular flexibility index (Phi) is 10.8. The van der Waals surface area contributed by atoms with Crippen molar-refractivity contribution in [1.29, 1.82) is 0 Å². The van der Waals surface area contributed by atoms with Crippen LogP contribution in [0.5, 0.6) is 0 Å². The van der Waals surface area contributed by atoms with Gasteiger partial charge in [0.1, 0.15) is 0 Å². The molecule has 0 amide bonds. The summed E-state index contributed by atoms with van der Waals surface area (Å²) in [5.41, 5.74) is 1.36. The van der Waals surface area contributed by atoms with Gasteiger partial charge in [0.2, 0.25) is 0 Å². The number of halogens is 1. The molecule has 25 heavy (non-hydrogen) atoms. The highest BCUT2D eigenvalue weighted by molar-refractivity contribution is 14.0. The first-order valence-electron chi connectivity index (χ1n) is 8.36. The predicted molar refractivity (Wildman–Crippen MR) is 120 cm³/mol. The Morgan fingerprint density at radius 3 is 2.48 bits per heavy atom. The zero-order valence-corrected chi connectivity index (χ0v) is 18.4. The van der Waals surface area contributed by atoms with E-state index in [4.69, 9.17) is 0 Å². The van der Waals surface area contributed by atoms with Gasteiger partial charge in [-0.3, -0.25) is 4.99 Å². The number of rotatable bonds is 8. The highest BCUT2D eigenvalue weighted by atomic mass is 127. The van der Waals surface area contributed by atoms with Gasteiger partial charge in [-0.1, -0.05) is 36.4 Å². The monoisotopic (exact) mass is 472 g/mol. The Bertz CT molecular complexity index is 599. The topological polar surface area (TPSA) is 39.7 Å². The molecule has 2 rings (SSSR count). The molecule has 1 aromatic heterocycles. The molecule has 0 aliphatic rings. The first kappa shape index (κ1) is 21.9. The summed E-state index contributed by atoms with van der Waals surface area (Å²) < 4.78 is 0. The molecule has 4 nitrogen and oxygen atoms in total. The molecule has 1 atom stereocenters. The Morgan fingerprint density at radius 1 is 1.12 bits per heavy atom. The fraction of sp³-hybridized carbons (Fsp3) is 0.421. The summed E-state index contributed by atoms with van der Waals surface area (Å²) in [5, 5.41) is 8.96. The third-order valence-corrected chi connectivity index (χ3v) is 4.95. The number of benzene rings is 1. The molecule has 0 spiro atoms. The van der Waals surface area contributed by atoms with E-state index >= 15 is 0 Å². The lowest BCUT2D eigenvalue weighted by atomic mass is 10.1. The van der Waals surface area contributed by atoms with Crippen LogP contribution in [0.25, 0.3) is 0 Å². The summed E-state index contributed by atoms with van der Waals surface area (Å²) in [7, 11) is 6.08. The molecule has 2 aromatic rings. The number of guanidine groups is 1. The molecule has 0 aliphatic heterocycles. The van der Waals surface area contributed by atoms with Crippen LogP contribution in [0.4, 0.5) is 0 Å². The Balaban J connectivity index is 0.00000312. The summed E-state index contributed by atoms with van der Waals surface area (Å²) in [6.07, 6.45) is 2.05. The fourth-order valence-corrected chi connectivity index (χ4v) is 3.23. The first-order chi connectivity index (χ1) is 11.7. The van der Waals surface area contributed by atoms with Gasteiger partial charge >= 0.3 is 0 Å². The van der Waals surface area contributed by atoms with E-state index in [1.807, 2.05) is 7.05 Å². The molecule has 1 unspecified atom stereocenters. The summed E-state index contributed by atoms with van der Waals surface area (Å²) in [6.45, 7) is 1.76. The van der Waals surface area contributed by atoms with Gasteiger partial charge in [0.15, 0.2) is 5.96 Å². The minimum Gasteiger partial charge on any atom is -0.356 e. The van der Waals surface area contributed by atoms with Crippen LogP contribution >= 0.6 is 35.3 Å². The van der Waals surface area contributed by atoms with Crippen LogP contribution in [0, 0.1) is 0 Å². The van der Waals surface area contributed by atoms with Crippen LogP contribution in [0.3, 0.4) is 0 Å². The van der Waals surface area contributed by atoms with Crippen molar-refractivity contribution in [3.8, 4) is 0 Å². The summed E-state index contributed by atoms with van der Waals surface area (Å²) in [5.74, 6) is 0.867. The lowest BCUT2D eigenvalue weighted by Crippen LogP contribution is -2.46. The van der Waals surface area contributed by atoms with E-state index in [2.05, 4.69) is 82.5 Å². The van der Waals surface area contributed by atoms with Gasteiger partial charge in [-0.25, -0.2) is 0 Å². The van der Waals surface area contributed by atoms with Gasteiger partial charge < -0.3 is 15.5 Å². The van der Waals surface area contributed by atoms with E-state index < -0.39 is 0 Å². The highest BCUT2D eigenvalue weighted by Crippen LogP contribution is 2.08. The standard InChI is InChI=1S/C19H28N4S.HI/c1-20-19(21-12-11-18-10-7-13-24-18)22-15-17(23(2)3)14-16-8-5-4-6-9-16;/h4-10,13,17H,11-12,14-15H2,1-3H3,(H2,20,21,22);1H. The molecule has 0 saturated carbocycles. The molecular weight excluding hydrogens is 443 g/mol. The summed E-state index contributed by atoms with van der Waals surface area (Å²) in [4.78, 5) is 7.98.